The average molecular weight is 308 g/mol. The lowest BCUT2D eigenvalue weighted by atomic mass is 10.2. The zero-order valence-electron chi connectivity index (χ0n) is 13.2. The fourth-order valence-electron chi connectivity index (χ4n) is 2.62. The summed E-state index contributed by atoms with van der Waals surface area (Å²) in [4.78, 5) is 0. The molecule has 2 N–H and O–H groups in total. The van der Waals surface area contributed by atoms with Crippen LogP contribution in [0.1, 0.15) is 18.4 Å². The molecule has 1 aliphatic rings. The van der Waals surface area contributed by atoms with E-state index in [-0.39, 0.29) is 0 Å². The Hall–Kier alpha value is -2.44. The quantitative estimate of drug-likeness (QED) is 0.860. The number of quaternary nitrogens is 1. The predicted octanol–water partition coefficient (Wildman–Crippen LogP) is 2.22. The highest BCUT2D eigenvalue weighted by Gasteiger charge is 2.18. The Labute approximate surface area is 137 Å². The average Bonchev–Trinajstić information content (AvgIpc) is 3.12. The number of hydrogen-bond acceptors (Lipinski definition) is 2. The molecule has 3 heteroatoms. The highest BCUT2D eigenvalue weighted by Crippen LogP contribution is 2.17. The number of hydrogen-bond donors (Lipinski definition) is 1. The summed E-state index contributed by atoms with van der Waals surface area (Å²) in [5.74, 6) is 7.80. The first-order valence-electron chi connectivity index (χ1n) is 8.13. The summed E-state index contributed by atoms with van der Waals surface area (Å²) < 4.78 is 11.4. The number of benzene rings is 2. The fourth-order valence-corrected chi connectivity index (χ4v) is 2.62. The minimum Gasteiger partial charge on any atom is -0.487 e. The first-order valence-corrected chi connectivity index (χ1v) is 8.13. The topological polar surface area (TPSA) is 35.1 Å². The molecule has 0 amide bonds. The minimum atomic E-state index is 0.381. The highest BCUT2D eigenvalue weighted by molar-refractivity contribution is 5.34. The Bertz CT molecular complexity index is 650. The van der Waals surface area contributed by atoms with E-state index < -0.39 is 0 Å². The van der Waals surface area contributed by atoms with Crippen molar-refractivity contribution in [1.82, 2.24) is 0 Å². The Balaban J connectivity index is 1.43. The third-order valence-corrected chi connectivity index (χ3v) is 3.88. The van der Waals surface area contributed by atoms with E-state index in [0.717, 1.165) is 23.7 Å². The van der Waals surface area contributed by atoms with E-state index in [1.165, 1.54) is 19.4 Å². The van der Waals surface area contributed by atoms with E-state index in [0.29, 0.717) is 12.6 Å². The predicted molar refractivity (Wildman–Crippen MR) is 90.6 cm³/mol. The molecule has 0 radical (unpaired) electrons. The maximum absolute atomic E-state index is 5.81. The molecule has 3 rings (SSSR count). The Morgan fingerprint density at radius 1 is 0.957 bits per heavy atom. The van der Waals surface area contributed by atoms with Crippen LogP contribution in [0.2, 0.25) is 0 Å². The Morgan fingerprint density at radius 3 is 2.39 bits per heavy atom. The molecule has 1 saturated heterocycles. The van der Waals surface area contributed by atoms with Crippen LogP contribution in [0.4, 0.5) is 0 Å². The summed E-state index contributed by atoms with van der Waals surface area (Å²) in [6, 6.07) is 18.3. The molecule has 0 aromatic heterocycles. The van der Waals surface area contributed by atoms with Crippen LogP contribution in [0, 0.1) is 11.8 Å². The molecule has 0 saturated carbocycles. The van der Waals surface area contributed by atoms with Crippen molar-refractivity contribution < 1.29 is 14.8 Å². The summed E-state index contributed by atoms with van der Waals surface area (Å²) in [6.45, 7) is 2.39. The maximum Gasteiger partial charge on any atom is 0.149 e. The van der Waals surface area contributed by atoms with Crippen LogP contribution in [0.5, 0.6) is 11.5 Å². The van der Waals surface area contributed by atoms with Crippen LogP contribution in [0.3, 0.4) is 0 Å². The lowest BCUT2D eigenvalue weighted by molar-refractivity contribution is -0.670. The summed E-state index contributed by atoms with van der Waals surface area (Å²) in [6.07, 6.45) is 2.55. The van der Waals surface area contributed by atoms with Crippen molar-refractivity contribution in [3.05, 3.63) is 60.2 Å². The van der Waals surface area contributed by atoms with Gasteiger partial charge in [-0.3, -0.25) is 0 Å². The largest absolute Gasteiger partial charge is 0.487 e. The lowest BCUT2D eigenvalue weighted by Crippen LogP contribution is -2.87. The van der Waals surface area contributed by atoms with Gasteiger partial charge in [-0.2, -0.15) is 0 Å². The number of rotatable bonds is 5. The van der Waals surface area contributed by atoms with Gasteiger partial charge in [-0.05, 0) is 36.4 Å². The van der Waals surface area contributed by atoms with Crippen LogP contribution in [0.15, 0.2) is 54.6 Å². The van der Waals surface area contributed by atoms with Gasteiger partial charge in [0.05, 0.1) is 6.54 Å². The van der Waals surface area contributed by atoms with Gasteiger partial charge in [0, 0.05) is 18.4 Å². The molecule has 0 bridgehead atoms. The third kappa shape index (κ3) is 5.05. The molecule has 118 valence electrons. The molecular weight excluding hydrogens is 286 g/mol. The van der Waals surface area contributed by atoms with E-state index in [4.69, 9.17) is 9.47 Å². The van der Waals surface area contributed by atoms with Gasteiger partial charge in [-0.15, -0.1) is 0 Å². The summed E-state index contributed by atoms with van der Waals surface area (Å²) in [7, 11) is 0. The monoisotopic (exact) mass is 308 g/mol. The molecule has 2 aromatic carbocycles. The van der Waals surface area contributed by atoms with E-state index in [1.54, 1.807) is 0 Å². The van der Waals surface area contributed by atoms with Gasteiger partial charge in [0.25, 0.3) is 0 Å². The second-order valence-corrected chi connectivity index (χ2v) is 5.67. The molecule has 1 fully saturated rings. The van der Waals surface area contributed by atoms with E-state index >= 15 is 0 Å². The van der Waals surface area contributed by atoms with Gasteiger partial charge >= 0.3 is 0 Å². The second kappa shape index (κ2) is 8.26. The molecule has 0 aliphatic carbocycles. The first-order chi connectivity index (χ1) is 11.4. The fraction of sp³-hybridized carbons (Fsp3) is 0.300. The van der Waals surface area contributed by atoms with Gasteiger partial charge in [-0.1, -0.05) is 30.0 Å². The summed E-state index contributed by atoms with van der Waals surface area (Å²) in [5.41, 5.74) is 1.00. The lowest BCUT2D eigenvalue weighted by Gasteiger charge is -2.10. The minimum absolute atomic E-state index is 0.381. The van der Waals surface area contributed by atoms with Crippen LogP contribution in [-0.2, 0) is 0 Å². The highest BCUT2D eigenvalue weighted by atomic mass is 16.5. The zero-order chi connectivity index (χ0) is 15.7. The Kier molecular flexibility index (Phi) is 5.55. The molecule has 1 heterocycles. The summed E-state index contributed by atoms with van der Waals surface area (Å²) in [5, 5.41) is 2.36. The van der Waals surface area contributed by atoms with Crippen LogP contribution in [-0.4, -0.2) is 25.8 Å². The van der Waals surface area contributed by atoms with Gasteiger partial charge in [0.2, 0.25) is 0 Å². The van der Waals surface area contributed by atoms with Crippen LogP contribution in [0.25, 0.3) is 0 Å². The maximum atomic E-state index is 5.81. The van der Waals surface area contributed by atoms with E-state index in [2.05, 4.69) is 17.2 Å². The van der Waals surface area contributed by atoms with E-state index in [1.807, 2.05) is 54.6 Å². The second-order valence-electron chi connectivity index (χ2n) is 5.67. The normalized spacial score (nSPS) is 16.4. The van der Waals surface area contributed by atoms with Crippen molar-refractivity contribution in [2.45, 2.75) is 18.9 Å². The summed E-state index contributed by atoms with van der Waals surface area (Å²) >= 11 is 0. The van der Waals surface area contributed by atoms with Crippen molar-refractivity contribution in [3.63, 3.8) is 0 Å². The molecule has 3 nitrogen and oxygen atoms in total. The standard InChI is InChI=1S/C20H21NO2/c1-2-6-17(7-3-1)8-5-15-22-19-10-12-20(13-11-19)23-16-18-9-4-14-21-18/h1-3,6-7,10-13,18,21H,4,9,14-16H2/p+1/t18-/m1/s1. The molecule has 0 spiro atoms. The zero-order valence-corrected chi connectivity index (χ0v) is 13.2. The SMILES string of the molecule is C(#Cc1ccccc1)COc1ccc(OC[C@H]2CCC[NH2+]2)cc1. The molecule has 1 aliphatic heterocycles. The van der Waals surface area contributed by atoms with Crippen LogP contribution >= 0.6 is 0 Å². The van der Waals surface area contributed by atoms with Gasteiger partial charge in [0.15, 0.2) is 0 Å². The molecule has 23 heavy (non-hydrogen) atoms. The van der Waals surface area contributed by atoms with Crippen molar-refractivity contribution in [3.8, 4) is 23.3 Å². The Morgan fingerprint density at radius 2 is 1.70 bits per heavy atom. The smallest absolute Gasteiger partial charge is 0.149 e. The van der Waals surface area contributed by atoms with E-state index in [9.17, 15) is 0 Å². The molecule has 0 unspecified atom stereocenters. The van der Waals surface area contributed by atoms with Crippen LogP contribution < -0.4 is 14.8 Å². The molecule has 2 aromatic rings. The van der Waals surface area contributed by atoms with Crippen molar-refractivity contribution >= 4 is 0 Å². The third-order valence-electron chi connectivity index (χ3n) is 3.88. The molecular formula is C20H22NO2+. The van der Waals surface area contributed by atoms with Gasteiger partial charge in [-0.25, -0.2) is 0 Å². The van der Waals surface area contributed by atoms with Crippen molar-refractivity contribution in [2.24, 2.45) is 0 Å². The first kappa shape index (κ1) is 15.5. The van der Waals surface area contributed by atoms with Crippen molar-refractivity contribution in [2.75, 3.05) is 19.8 Å². The van der Waals surface area contributed by atoms with Crippen molar-refractivity contribution in [1.29, 1.82) is 0 Å². The van der Waals surface area contributed by atoms with Gasteiger partial charge in [0.1, 0.15) is 30.8 Å². The number of nitrogens with two attached hydrogens (primary N) is 1. The molecule has 1 atom stereocenters. The van der Waals surface area contributed by atoms with Gasteiger partial charge < -0.3 is 14.8 Å². The number of ether oxygens (including phenoxy) is 2.